The number of rotatable bonds is 6. The minimum atomic E-state index is -0.856. The maximum Gasteiger partial charge on any atom is 0.361 e. The molecule has 0 atom stereocenters. The van der Waals surface area contributed by atoms with Crippen molar-refractivity contribution in [3.05, 3.63) is 47.9 Å². The number of para-hydroxylation sites is 1. The second-order valence-corrected chi connectivity index (χ2v) is 5.71. The van der Waals surface area contributed by atoms with Crippen LogP contribution in [0.15, 0.2) is 36.7 Å². The molecule has 0 spiro atoms. The minimum Gasteiger partial charge on any atom is -0.451 e. The average Bonchev–Trinajstić information content (AvgIpc) is 3.44. The van der Waals surface area contributed by atoms with E-state index in [1.165, 1.54) is 12.4 Å². The van der Waals surface area contributed by atoms with Gasteiger partial charge in [0, 0.05) is 18.4 Å². The topological polar surface area (TPSA) is 136 Å². The zero-order valence-electron chi connectivity index (χ0n) is 13.8. The van der Waals surface area contributed by atoms with E-state index < -0.39 is 18.5 Å². The highest BCUT2D eigenvalue weighted by Crippen LogP contribution is 2.21. The fourth-order valence-electron chi connectivity index (χ4n) is 2.17. The predicted octanol–water partition coefficient (Wildman–Crippen LogP) is 0.746. The van der Waals surface area contributed by atoms with Gasteiger partial charge in [0.2, 0.25) is 0 Å². The summed E-state index contributed by atoms with van der Waals surface area (Å²) in [7, 11) is 0. The predicted molar refractivity (Wildman–Crippen MR) is 92.3 cm³/mol. The van der Waals surface area contributed by atoms with E-state index in [9.17, 15) is 14.4 Å². The van der Waals surface area contributed by atoms with Crippen molar-refractivity contribution in [2.24, 2.45) is 0 Å². The van der Waals surface area contributed by atoms with Gasteiger partial charge in [-0.3, -0.25) is 9.59 Å². The molecular formula is C17H17N5O4. The molecule has 1 aliphatic rings. The van der Waals surface area contributed by atoms with Gasteiger partial charge in [0.1, 0.15) is 0 Å². The third kappa shape index (κ3) is 4.32. The number of amides is 2. The van der Waals surface area contributed by atoms with Crippen molar-refractivity contribution in [2.45, 2.75) is 18.9 Å². The summed E-state index contributed by atoms with van der Waals surface area (Å²) in [4.78, 5) is 43.6. The van der Waals surface area contributed by atoms with E-state index in [0.717, 1.165) is 12.8 Å². The molecule has 1 aromatic carbocycles. The molecule has 0 radical (unpaired) electrons. The Labute approximate surface area is 149 Å². The van der Waals surface area contributed by atoms with Crippen LogP contribution in [0.2, 0.25) is 0 Å². The first-order chi connectivity index (χ1) is 12.5. The fourth-order valence-corrected chi connectivity index (χ4v) is 2.17. The van der Waals surface area contributed by atoms with E-state index in [2.05, 4.69) is 20.6 Å². The largest absolute Gasteiger partial charge is 0.451 e. The molecule has 9 heteroatoms. The number of nitrogens with two attached hydrogens (primary N) is 1. The van der Waals surface area contributed by atoms with Gasteiger partial charge in [0.15, 0.2) is 18.1 Å². The second kappa shape index (κ2) is 7.60. The van der Waals surface area contributed by atoms with Crippen molar-refractivity contribution >= 4 is 29.3 Å². The van der Waals surface area contributed by atoms with Gasteiger partial charge in [-0.15, -0.1) is 0 Å². The molecule has 3 rings (SSSR count). The number of anilines is 2. The molecule has 0 aliphatic heterocycles. The first kappa shape index (κ1) is 17.3. The lowest BCUT2D eigenvalue weighted by molar-refractivity contribution is -0.119. The molecule has 0 unspecified atom stereocenters. The van der Waals surface area contributed by atoms with Crippen molar-refractivity contribution in [3.8, 4) is 0 Å². The third-order valence-corrected chi connectivity index (χ3v) is 3.61. The molecule has 1 aromatic heterocycles. The van der Waals surface area contributed by atoms with Gasteiger partial charge in [-0.2, -0.15) is 0 Å². The Hall–Kier alpha value is -3.49. The summed E-state index contributed by atoms with van der Waals surface area (Å²) in [5.74, 6) is -1.79. The van der Waals surface area contributed by atoms with Gasteiger partial charge in [0.05, 0.1) is 11.3 Å². The lowest BCUT2D eigenvalue weighted by atomic mass is 10.1. The number of carbonyl (C=O) groups is 3. The first-order valence-electron chi connectivity index (χ1n) is 7.98. The van der Waals surface area contributed by atoms with Gasteiger partial charge in [-0.05, 0) is 25.0 Å². The van der Waals surface area contributed by atoms with E-state index in [1.807, 2.05) is 0 Å². The molecule has 1 aliphatic carbocycles. The third-order valence-electron chi connectivity index (χ3n) is 3.61. The van der Waals surface area contributed by atoms with Crippen LogP contribution in [-0.4, -0.2) is 40.4 Å². The Morgan fingerprint density at radius 1 is 1.15 bits per heavy atom. The first-order valence-corrected chi connectivity index (χ1v) is 7.98. The number of carbonyl (C=O) groups excluding carboxylic acids is 3. The van der Waals surface area contributed by atoms with Crippen molar-refractivity contribution in [3.63, 3.8) is 0 Å². The second-order valence-electron chi connectivity index (χ2n) is 5.71. The van der Waals surface area contributed by atoms with Crippen LogP contribution in [0.5, 0.6) is 0 Å². The smallest absolute Gasteiger partial charge is 0.361 e. The highest BCUT2D eigenvalue weighted by molar-refractivity contribution is 6.04. The van der Waals surface area contributed by atoms with Crippen LogP contribution in [0.4, 0.5) is 11.5 Å². The van der Waals surface area contributed by atoms with Gasteiger partial charge in [-0.25, -0.2) is 14.8 Å². The normalized spacial score (nSPS) is 12.9. The fraction of sp³-hybridized carbons (Fsp3) is 0.235. The van der Waals surface area contributed by atoms with Crippen molar-refractivity contribution in [1.82, 2.24) is 15.3 Å². The van der Waals surface area contributed by atoms with Crippen LogP contribution in [-0.2, 0) is 9.53 Å². The number of benzene rings is 1. The van der Waals surface area contributed by atoms with E-state index in [-0.39, 0.29) is 23.5 Å². The Morgan fingerprint density at radius 3 is 2.62 bits per heavy atom. The highest BCUT2D eigenvalue weighted by Gasteiger charge is 2.25. The lowest BCUT2D eigenvalue weighted by Crippen LogP contribution is -2.28. The van der Waals surface area contributed by atoms with Crippen LogP contribution >= 0.6 is 0 Å². The number of aromatic nitrogens is 2. The molecule has 1 fully saturated rings. The van der Waals surface area contributed by atoms with E-state index >= 15 is 0 Å². The summed E-state index contributed by atoms with van der Waals surface area (Å²) in [6.45, 7) is -0.548. The summed E-state index contributed by atoms with van der Waals surface area (Å²) in [5, 5.41) is 5.42. The number of nitrogen functional groups attached to an aromatic ring is 1. The standard InChI is InChI=1S/C17H17N5O4/c18-15-14(19-7-8-20-15)17(25)26-9-13(23)22-12-4-2-1-3-11(12)16(24)21-10-5-6-10/h1-4,7-8,10H,5-6,9H2,(H2,18,20)(H,21,24)(H,22,23). The van der Waals surface area contributed by atoms with Crippen LogP contribution in [0.1, 0.15) is 33.7 Å². The van der Waals surface area contributed by atoms with E-state index in [0.29, 0.717) is 11.3 Å². The number of esters is 1. The van der Waals surface area contributed by atoms with Gasteiger partial charge in [-0.1, -0.05) is 12.1 Å². The SMILES string of the molecule is Nc1nccnc1C(=O)OCC(=O)Nc1ccccc1C(=O)NC1CC1. The Kier molecular flexibility index (Phi) is 5.07. The molecule has 1 saturated carbocycles. The lowest BCUT2D eigenvalue weighted by Gasteiger charge is -2.11. The quantitative estimate of drug-likeness (QED) is 0.650. The maximum absolute atomic E-state index is 12.2. The Morgan fingerprint density at radius 2 is 1.88 bits per heavy atom. The molecule has 0 saturated heterocycles. The molecule has 0 bridgehead atoms. The highest BCUT2D eigenvalue weighted by atomic mass is 16.5. The molecule has 2 aromatic rings. The summed E-state index contributed by atoms with van der Waals surface area (Å²) in [6, 6.07) is 6.80. The number of hydrogen-bond acceptors (Lipinski definition) is 7. The van der Waals surface area contributed by atoms with E-state index in [4.69, 9.17) is 10.5 Å². The van der Waals surface area contributed by atoms with Crippen LogP contribution in [0.3, 0.4) is 0 Å². The van der Waals surface area contributed by atoms with Gasteiger partial charge in [0.25, 0.3) is 11.8 Å². The summed E-state index contributed by atoms with van der Waals surface area (Å²) in [5.41, 5.74) is 6.05. The summed E-state index contributed by atoms with van der Waals surface area (Å²) < 4.78 is 4.88. The average molecular weight is 355 g/mol. The van der Waals surface area contributed by atoms with Gasteiger partial charge < -0.3 is 21.1 Å². The zero-order chi connectivity index (χ0) is 18.5. The molecule has 26 heavy (non-hydrogen) atoms. The van der Waals surface area contributed by atoms with Crippen molar-refractivity contribution in [1.29, 1.82) is 0 Å². The molecule has 1 heterocycles. The Bertz CT molecular complexity index is 851. The summed E-state index contributed by atoms with van der Waals surface area (Å²) >= 11 is 0. The van der Waals surface area contributed by atoms with E-state index in [1.54, 1.807) is 24.3 Å². The maximum atomic E-state index is 12.2. The molecule has 134 valence electrons. The van der Waals surface area contributed by atoms with Crippen LogP contribution in [0.25, 0.3) is 0 Å². The number of nitrogens with one attached hydrogen (secondary N) is 2. The Balaban J connectivity index is 1.59. The van der Waals surface area contributed by atoms with Gasteiger partial charge >= 0.3 is 5.97 Å². The summed E-state index contributed by atoms with van der Waals surface area (Å²) in [6.07, 6.45) is 4.55. The van der Waals surface area contributed by atoms with Crippen molar-refractivity contribution < 1.29 is 19.1 Å². The molecule has 2 amide bonds. The number of ether oxygens (including phenoxy) is 1. The van der Waals surface area contributed by atoms with Crippen molar-refractivity contribution in [2.75, 3.05) is 17.7 Å². The number of nitrogens with zero attached hydrogens (tertiary/aromatic N) is 2. The zero-order valence-corrected chi connectivity index (χ0v) is 13.8. The minimum absolute atomic E-state index is 0.0833. The molecular weight excluding hydrogens is 338 g/mol. The molecule has 4 N–H and O–H groups in total. The monoisotopic (exact) mass is 355 g/mol. The molecule has 9 nitrogen and oxygen atoms in total. The number of hydrogen-bond donors (Lipinski definition) is 3. The van der Waals surface area contributed by atoms with Crippen LogP contribution in [0, 0.1) is 0 Å². The van der Waals surface area contributed by atoms with Crippen LogP contribution < -0.4 is 16.4 Å².